The van der Waals surface area contributed by atoms with Gasteiger partial charge in [-0.25, -0.2) is 0 Å². The van der Waals surface area contributed by atoms with Crippen LogP contribution in [0.1, 0.15) is 25.8 Å². The molecule has 1 saturated heterocycles. The molecule has 0 spiro atoms. The molecule has 0 bridgehead atoms. The van der Waals surface area contributed by atoms with Crippen molar-refractivity contribution in [3.05, 3.63) is 48.0 Å². The molecule has 2 rings (SSSR count). The Bertz CT molecular complexity index is 417. The van der Waals surface area contributed by atoms with Gasteiger partial charge in [-0.1, -0.05) is 42.5 Å². The van der Waals surface area contributed by atoms with Crippen molar-refractivity contribution in [2.75, 3.05) is 13.2 Å². The van der Waals surface area contributed by atoms with Crippen LogP contribution < -0.4 is 5.48 Å². The van der Waals surface area contributed by atoms with Gasteiger partial charge >= 0.3 is 0 Å². The van der Waals surface area contributed by atoms with Crippen molar-refractivity contribution in [2.24, 2.45) is 0 Å². The molecule has 0 aliphatic carbocycles. The molecule has 1 N–H and O–H groups in total. The highest BCUT2D eigenvalue weighted by atomic mass is 16.7. The molecule has 0 saturated carbocycles. The van der Waals surface area contributed by atoms with Gasteiger partial charge in [-0.3, -0.25) is 4.84 Å². The van der Waals surface area contributed by atoms with Crippen LogP contribution in [0.2, 0.25) is 0 Å². The van der Waals surface area contributed by atoms with Crippen LogP contribution in [0, 0.1) is 0 Å². The predicted molar refractivity (Wildman–Crippen MR) is 77.9 cm³/mol. The average Bonchev–Trinajstić information content (AvgIpc) is 2.78. The van der Waals surface area contributed by atoms with Crippen LogP contribution in [-0.4, -0.2) is 25.1 Å². The Kier molecular flexibility index (Phi) is 5.73. The van der Waals surface area contributed by atoms with Gasteiger partial charge in [0.25, 0.3) is 0 Å². The van der Waals surface area contributed by atoms with E-state index in [0.29, 0.717) is 19.8 Å². The minimum absolute atomic E-state index is 0.151. The Morgan fingerprint density at radius 1 is 1.30 bits per heavy atom. The number of benzene rings is 1. The molecule has 0 unspecified atom stereocenters. The molecular formula is C16H23NO3. The highest BCUT2D eigenvalue weighted by molar-refractivity contribution is 5.13. The summed E-state index contributed by atoms with van der Waals surface area (Å²) in [6, 6.07) is 10.2. The maximum Gasteiger partial charge on any atom is 0.163 e. The van der Waals surface area contributed by atoms with E-state index >= 15 is 0 Å². The summed E-state index contributed by atoms with van der Waals surface area (Å²) in [6.45, 7) is 5.79. The predicted octanol–water partition coefficient (Wildman–Crippen LogP) is 2.81. The number of hydrogen-bond acceptors (Lipinski definition) is 4. The van der Waals surface area contributed by atoms with E-state index in [1.165, 1.54) is 5.56 Å². The fourth-order valence-corrected chi connectivity index (χ4v) is 2.03. The molecule has 0 amide bonds. The van der Waals surface area contributed by atoms with Crippen LogP contribution in [0.5, 0.6) is 0 Å². The second-order valence-corrected chi connectivity index (χ2v) is 5.28. The summed E-state index contributed by atoms with van der Waals surface area (Å²) < 4.78 is 11.2. The van der Waals surface area contributed by atoms with E-state index in [1.807, 2.05) is 38.1 Å². The van der Waals surface area contributed by atoms with E-state index in [0.717, 1.165) is 6.42 Å². The number of rotatable bonds is 7. The Morgan fingerprint density at radius 3 is 2.80 bits per heavy atom. The van der Waals surface area contributed by atoms with E-state index in [-0.39, 0.29) is 6.10 Å². The van der Waals surface area contributed by atoms with Gasteiger partial charge in [0.15, 0.2) is 5.79 Å². The van der Waals surface area contributed by atoms with Crippen molar-refractivity contribution in [2.45, 2.75) is 38.7 Å². The highest BCUT2D eigenvalue weighted by Gasteiger charge is 2.31. The highest BCUT2D eigenvalue weighted by Crippen LogP contribution is 2.24. The maximum atomic E-state index is 5.70. The summed E-state index contributed by atoms with van der Waals surface area (Å²) in [5, 5.41) is 0. The fraction of sp³-hybridized carbons (Fsp3) is 0.500. The molecule has 1 heterocycles. The molecular weight excluding hydrogens is 254 g/mol. The zero-order valence-electron chi connectivity index (χ0n) is 12.2. The minimum atomic E-state index is -0.438. The summed E-state index contributed by atoms with van der Waals surface area (Å²) in [4.78, 5) is 5.33. The SMILES string of the molecule is CC1(C)OC[C@H](C/C=C/CONCc2ccccc2)O1. The smallest absolute Gasteiger partial charge is 0.163 e. The summed E-state index contributed by atoms with van der Waals surface area (Å²) in [6.07, 6.45) is 5.07. The largest absolute Gasteiger partial charge is 0.348 e. The third-order valence-corrected chi connectivity index (χ3v) is 3.03. The first-order valence-electron chi connectivity index (χ1n) is 7.01. The lowest BCUT2D eigenvalue weighted by molar-refractivity contribution is -0.137. The zero-order valence-corrected chi connectivity index (χ0v) is 12.2. The lowest BCUT2D eigenvalue weighted by Gasteiger charge is -2.16. The first kappa shape index (κ1) is 15.2. The second kappa shape index (κ2) is 7.55. The van der Waals surface area contributed by atoms with Gasteiger partial charge in [-0.2, -0.15) is 5.48 Å². The van der Waals surface area contributed by atoms with Gasteiger partial charge in [-0.05, 0) is 25.8 Å². The summed E-state index contributed by atoms with van der Waals surface area (Å²) in [5.41, 5.74) is 4.14. The third kappa shape index (κ3) is 5.43. The molecule has 110 valence electrons. The molecule has 4 heteroatoms. The van der Waals surface area contributed by atoms with Crippen LogP contribution >= 0.6 is 0 Å². The Morgan fingerprint density at radius 2 is 2.10 bits per heavy atom. The summed E-state index contributed by atoms with van der Waals surface area (Å²) in [5.74, 6) is -0.438. The van der Waals surface area contributed by atoms with E-state index in [2.05, 4.69) is 23.7 Å². The minimum Gasteiger partial charge on any atom is -0.348 e. The van der Waals surface area contributed by atoms with Crippen LogP contribution in [0.15, 0.2) is 42.5 Å². The molecule has 0 aromatic heterocycles. The number of hydroxylamine groups is 1. The first-order chi connectivity index (χ1) is 9.66. The first-order valence-corrected chi connectivity index (χ1v) is 7.01. The lowest BCUT2D eigenvalue weighted by Crippen LogP contribution is -2.21. The van der Waals surface area contributed by atoms with Crippen LogP contribution in [0.25, 0.3) is 0 Å². The van der Waals surface area contributed by atoms with Crippen molar-refractivity contribution in [3.8, 4) is 0 Å². The standard InChI is InChI=1S/C16H23NO3/c1-16(2)18-13-15(20-16)10-6-7-11-19-17-12-14-8-4-3-5-9-14/h3-9,15,17H,10-13H2,1-2H3/b7-6+/t15-/m0/s1. The molecule has 4 nitrogen and oxygen atoms in total. The van der Waals surface area contributed by atoms with Gasteiger partial charge in [0.1, 0.15) is 0 Å². The number of hydrogen-bond donors (Lipinski definition) is 1. The second-order valence-electron chi connectivity index (χ2n) is 5.28. The Balaban J connectivity index is 1.52. The monoisotopic (exact) mass is 277 g/mol. The number of nitrogens with one attached hydrogen (secondary N) is 1. The van der Waals surface area contributed by atoms with E-state index < -0.39 is 5.79 Å². The van der Waals surface area contributed by atoms with E-state index in [1.54, 1.807) is 0 Å². The quantitative estimate of drug-likeness (QED) is 0.472. The Labute approximate surface area is 120 Å². The molecule has 1 aromatic carbocycles. The van der Waals surface area contributed by atoms with E-state index in [4.69, 9.17) is 14.3 Å². The molecule has 0 radical (unpaired) electrons. The summed E-state index contributed by atoms with van der Waals surface area (Å²) >= 11 is 0. The number of ether oxygens (including phenoxy) is 2. The van der Waals surface area contributed by atoms with Crippen molar-refractivity contribution in [1.82, 2.24) is 5.48 Å². The molecule has 20 heavy (non-hydrogen) atoms. The van der Waals surface area contributed by atoms with Crippen LogP contribution in [0.4, 0.5) is 0 Å². The summed E-state index contributed by atoms with van der Waals surface area (Å²) in [7, 11) is 0. The topological polar surface area (TPSA) is 39.7 Å². The van der Waals surface area contributed by atoms with Gasteiger partial charge in [0.2, 0.25) is 0 Å². The van der Waals surface area contributed by atoms with Crippen molar-refractivity contribution in [1.29, 1.82) is 0 Å². The average molecular weight is 277 g/mol. The molecule has 1 aliphatic rings. The Hall–Kier alpha value is -1.20. The van der Waals surface area contributed by atoms with Gasteiger partial charge < -0.3 is 9.47 Å². The zero-order chi connectivity index (χ0) is 14.3. The van der Waals surface area contributed by atoms with Crippen LogP contribution in [0.3, 0.4) is 0 Å². The van der Waals surface area contributed by atoms with Crippen molar-refractivity contribution < 1.29 is 14.3 Å². The van der Waals surface area contributed by atoms with Crippen molar-refractivity contribution >= 4 is 0 Å². The fourth-order valence-electron chi connectivity index (χ4n) is 2.03. The third-order valence-electron chi connectivity index (χ3n) is 3.03. The van der Waals surface area contributed by atoms with Crippen molar-refractivity contribution in [3.63, 3.8) is 0 Å². The lowest BCUT2D eigenvalue weighted by atomic mass is 10.2. The molecule has 1 atom stereocenters. The van der Waals surface area contributed by atoms with Gasteiger partial charge in [-0.15, -0.1) is 0 Å². The van der Waals surface area contributed by atoms with Gasteiger partial charge in [0.05, 0.1) is 19.3 Å². The molecule has 1 aliphatic heterocycles. The van der Waals surface area contributed by atoms with E-state index in [9.17, 15) is 0 Å². The molecule has 1 aromatic rings. The molecule has 1 fully saturated rings. The van der Waals surface area contributed by atoms with Crippen LogP contribution in [-0.2, 0) is 20.9 Å². The maximum absolute atomic E-state index is 5.70. The van der Waals surface area contributed by atoms with Gasteiger partial charge in [0, 0.05) is 6.54 Å². The normalized spacial score (nSPS) is 21.6.